The summed E-state index contributed by atoms with van der Waals surface area (Å²) in [5.74, 6) is 1.93. The second kappa shape index (κ2) is 15.1. The Balaban J connectivity index is 1.57. The molecule has 2 amide bonds. The third kappa shape index (κ3) is 8.04. The van der Waals surface area contributed by atoms with Crippen molar-refractivity contribution in [2.75, 3.05) is 34.5 Å². The van der Waals surface area contributed by atoms with E-state index in [1.165, 1.54) is 0 Å². The Bertz CT molecular complexity index is 1430. The number of methoxy groups -OCH3 is 3. The molecule has 42 heavy (non-hydrogen) atoms. The van der Waals surface area contributed by atoms with Crippen molar-refractivity contribution in [3.8, 4) is 23.0 Å². The molecule has 0 spiro atoms. The zero-order valence-corrected chi connectivity index (χ0v) is 24.1. The first kappa shape index (κ1) is 30.0. The number of nitrogens with one attached hydrogen (secondary N) is 1. The molecule has 8 nitrogen and oxygen atoms in total. The maximum absolute atomic E-state index is 13.9. The van der Waals surface area contributed by atoms with Crippen molar-refractivity contribution in [2.24, 2.45) is 0 Å². The number of ether oxygens (including phenoxy) is 4. The van der Waals surface area contributed by atoms with Crippen LogP contribution in [0.25, 0.3) is 0 Å². The van der Waals surface area contributed by atoms with Crippen LogP contribution in [0.1, 0.15) is 22.7 Å². The standard InChI is InChI=1S/C34H36N2O6/c1-39-28-17-14-26(15-18-28)23-36(32(37)24-42-29-12-8-5-9-13-29)33(27-10-6-4-7-11-27)34(38)35-21-20-25-16-19-30(40-2)31(22-25)41-3/h4-19,22,33H,20-21,23-24H2,1-3H3,(H,35,38)/t33-/m0/s1. The Labute approximate surface area is 246 Å². The Morgan fingerprint density at radius 3 is 2.00 bits per heavy atom. The van der Waals surface area contributed by atoms with Crippen molar-refractivity contribution in [3.05, 3.63) is 120 Å². The SMILES string of the molecule is COc1ccc(CN(C(=O)COc2ccccc2)[C@H](C(=O)NCCc2ccc(OC)c(OC)c2)c2ccccc2)cc1. The summed E-state index contributed by atoms with van der Waals surface area (Å²) in [6.45, 7) is 0.342. The summed E-state index contributed by atoms with van der Waals surface area (Å²) in [5.41, 5.74) is 2.53. The van der Waals surface area contributed by atoms with Crippen LogP contribution in [0.5, 0.6) is 23.0 Å². The summed E-state index contributed by atoms with van der Waals surface area (Å²) in [5, 5.41) is 3.04. The molecule has 4 aromatic carbocycles. The fourth-order valence-corrected chi connectivity index (χ4v) is 4.57. The summed E-state index contributed by atoms with van der Waals surface area (Å²) in [6.07, 6.45) is 0.567. The second-order valence-corrected chi connectivity index (χ2v) is 9.52. The first-order valence-electron chi connectivity index (χ1n) is 13.7. The van der Waals surface area contributed by atoms with Gasteiger partial charge in [0.25, 0.3) is 5.91 Å². The third-order valence-electron chi connectivity index (χ3n) is 6.77. The van der Waals surface area contributed by atoms with Crippen molar-refractivity contribution >= 4 is 11.8 Å². The predicted molar refractivity (Wildman–Crippen MR) is 161 cm³/mol. The van der Waals surface area contributed by atoms with Gasteiger partial charge in [-0.3, -0.25) is 9.59 Å². The minimum absolute atomic E-state index is 0.198. The molecule has 0 saturated heterocycles. The monoisotopic (exact) mass is 568 g/mol. The zero-order chi connectivity index (χ0) is 29.7. The number of carbonyl (C=O) groups is 2. The molecule has 0 bridgehead atoms. The molecule has 1 N–H and O–H groups in total. The summed E-state index contributed by atoms with van der Waals surface area (Å²) < 4.78 is 21.8. The Hall–Kier alpha value is -4.98. The highest BCUT2D eigenvalue weighted by molar-refractivity contribution is 5.89. The van der Waals surface area contributed by atoms with Gasteiger partial charge in [0.1, 0.15) is 17.5 Å². The van der Waals surface area contributed by atoms with Crippen LogP contribution in [-0.2, 0) is 22.6 Å². The van der Waals surface area contributed by atoms with E-state index in [4.69, 9.17) is 18.9 Å². The van der Waals surface area contributed by atoms with E-state index in [0.29, 0.717) is 41.5 Å². The van der Waals surface area contributed by atoms with Crippen molar-refractivity contribution in [1.29, 1.82) is 0 Å². The van der Waals surface area contributed by atoms with Crippen LogP contribution in [0.2, 0.25) is 0 Å². The van der Waals surface area contributed by atoms with E-state index in [9.17, 15) is 9.59 Å². The number of hydrogen-bond donors (Lipinski definition) is 1. The van der Waals surface area contributed by atoms with Crippen LogP contribution in [0.3, 0.4) is 0 Å². The van der Waals surface area contributed by atoms with Gasteiger partial charge in [-0.25, -0.2) is 0 Å². The molecular formula is C34H36N2O6. The molecule has 0 saturated carbocycles. The molecular weight excluding hydrogens is 532 g/mol. The number of hydrogen-bond acceptors (Lipinski definition) is 6. The molecule has 0 heterocycles. The molecule has 0 aliphatic carbocycles. The summed E-state index contributed by atoms with van der Waals surface area (Å²) in [7, 11) is 4.78. The lowest BCUT2D eigenvalue weighted by Crippen LogP contribution is -2.45. The van der Waals surface area contributed by atoms with Gasteiger partial charge in [-0.2, -0.15) is 0 Å². The van der Waals surface area contributed by atoms with E-state index < -0.39 is 6.04 Å². The van der Waals surface area contributed by atoms with E-state index in [2.05, 4.69) is 5.32 Å². The Kier molecular flexibility index (Phi) is 10.8. The largest absolute Gasteiger partial charge is 0.497 e. The smallest absolute Gasteiger partial charge is 0.261 e. The zero-order valence-electron chi connectivity index (χ0n) is 24.1. The maximum Gasteiger partial charge on any atom is 0.261 e. The van der Waals surface area contributed by atoms with Crippen LogP contribution < -0.4 is 24.3 Å². The first-order chi connectivity index (χ1) is 20.5. The highest BCUT2D eigenvalue weighted by atomic mass is 16.5. The summed E-state index contributed by atoms with van der Waals surface area (Å²) in [4.78, 5) is 29.2. The van der Waals surface area contributed by atoms with Gasteiger partial charge in [-0.1, -0.05) is 66.7 Å². The van der Waals surface area contributed by atoms with Crippen LogP contribution in [0.15, 0.2) is 103 Å². The molecule has 0 radical (unpaired) electrons. The summed E-state index contributed by atoms with van der Waals surface area (Å²) >= 11 is 0. The van der Waals surface area contributed by atoms with Gasteiger partial charge in [0.15, 0.2) is 18.1 Å². The number of nitrogens with zero attached hydrogens (tertiary/aromatic N) is 1. The van der Waals surface area contributed by atoms with Crippen molar-refractivity contribution in [3.63, 3.8) is 0 Å². The van der Waals surface area contributed by atoms with Crippen molar-refractivity contribution < 1.29 is 28.5 Å². The van der Waals surface area contributed by atoms with E-state index in [1.54, 1.807) is 38.4 Å². The van der Waals surface area contributed by atoms with Gasteiger partial charge in [-0.15, -0.1) is 0 Å². The number of benzene rings is 4. The molecule has 0 fully saturated rings. The molecule has 1 atom stereocenters. The molecule has 0 aliphatic heterocycles. The predicted octanol–water partition coefficient (Wildman–Crippen LogP) is 5.22. The normalized spacial score (nSPS) is 11.2. The topological polar surface area (TPSA) is 86.3 Å². The fourth-order valence-electron chi connectivity index (χ4n) is 4.57. The molecule has 4 aromatic rings. The molecule has 8 heteroatoms. The average Bonchev–Trinajstić information content (AvgIpc) is 3.04. The van der Waals surface area contributed by atoms with E-state index in [-0.39, 0.29) is 25.0 Å². The van der Waals surface area contributed by atoms with Crippen LogP contribution in [0.4, 0.5) is 0 Å². The fraction of sp³-hybridized carbons (Fsp3) is 0.235. The maximum atomic E-state index is 13.9. The molecule has 0 unspecified atom stereocenters. The van der Waals surface area contributed by atoms with E-state index in [1.807, 2.05) is 91.0 Å². The Morgan fingerprint density at radius 1 is 0.714 bits per heavy atom. The number of rotatable bonds is 14. The lowest BCUT2D eigenvalue weighted by atomic mass is 10.0. The minimum atomic E-state index is -0.884. The summed E-state index contributed by atoms with van der Waals surface area (Å²) in [6, 6.07) is 30.6. The second-order valence-electron chi connectivity index (χ2n) is 9.52. The van der Waals surface area contributed by atoms with Crippen molar-refractivity contribution in [2.45, 2.75) is 19.0 Å². The van der Waals surface area contributed by atoms with E-state index in [0.717, 1.165) is 11.1 Å². The van der Waals surface area contributed by atoms with Gasteiger partial charge in [0.2, 0.25) is 5.91 Å². The lowest BCUT2D eigenvalue weighted by Gasteiger charge is -2.31. The lowest BCUT2D eigenvalue weighted by molar-refractivity contribution is -0.143. The average molecular weight is 569 g/mol. The van der Waals surface area contributed by atoms with Crippen LogP contribution in [-0.4, -0.2) is 51.2 Å². The first-order valence-corrected chi connectivity index (χ1v) is 13.7. The van der Waals surface area contributed by atoms with Gasteiger partial charge >= 0.3 is 0 Å². The number of carbonyl (C=O) groups excluding carboxylic acids is 2. The highest BCUT2D eigenvalue weighted by Gasteiger charge is 2.31. The van der Waals surface area contributed by atoms with Crippen LogP contribution in [0, 0.1) is 0 Å². The van der Waals surface area contributed by atoms with Crippen LogP contribution >= 0.6 is 0 Å². The quantitative estimate of drug-likeness (QED) is 0.225. The molecule has 218 valence electrons. The Morgan fingerprint density at radius 2 is 1.36 bits per heavy atom. The van der Waals surface area contributed by atoms with E-state index >= 15 is 0 Å². The molecule has 0 aliphatic rings. The number of para-hydroxylation sites is 1. The third-order valence-corrected chi connectivity index (χ3v) is 6.77. The molecule has 0 aromatic heterocycles. The minimum Gasteiger partial charge on any atom is -0.497 e. The van der Waals surface area contributed by atoms with Gasteiger partial charge in [0.05, 0.1) is 21.3 Å². The molecule has 4 rings (SSSR count). The number of amides is 2. The van der Waals surface area contributed by atoms with Gasteiger partial charge < -0.3 is 29.2 Å². The van der Waals surface area contributed by atoms with Gasteiger partial charge in [-0.05, 0) is 59.5 Å². The van der Waals surface area contributed by atoms with Crippen molar-refractivity contribution in [1.82, 2.24) is 10.2 Å². The highest BCUT2D eigenvalue weighted by Crippen LogP contribution is 2.28. The van der Waals surface area contributed by atoms with Gasteiger partial charge in [0, 0.05) is 13.1 Å².